The molecule has 0 aromatic heterocycles. The van der Waals surface area contributed by atoms with Crippen LogP contribution in [-0.2, 0) is 0 Å². The molecule has 33 heavy (non-hydrogen) atoms. The van der Waals surface area contributed by atoms with Gasteiger partial charge in [0.05, 0.1) is 19.3 Å². The zero-order chi connectivity index (χ0) is 22.9. The number of carbonyl (C=O) groups excluding carboxylic acids is 2. The van der Waals surface area contributed by atoms with Crippen LogP contribution < -0.4 is 20.9 Å². The number of hydrazine groups is 1. The van der Waals surface area contributed by atoms with Crippen LogP contribution in [0.5, 0.6) is 5.75 Å². The van der Waals surface area contributed by atoms with Gasteiger partial charge in [0.2, 0.25) is 0 Å². The van der Waals surface area contributed by atoms with Crippen molar-refractivity contribution in [3.63, 3.8) is 0 Å². The van der Waals surface area contributed by atoms with Crippen LogP contribution in [0.15, 0.2) is 42.5 Å². The minimum atomic E-state index is -0.611. The van der Waals surface area contributed by atoms with Gasteiger partial charge in [-0.15, -0.1) is 0 Å². The van der Waals surface area contributed by atoms with Crippen molar-refractivity contribution in [3.8, 4) is 5.75 Å². The third kappa shape index (κ3) is 4.59. The summed E-state index contributed by atoms with van der Waals surface area (Å²) in [6, 6.07) is 12.9. The number of amides is 2. The number of β-amino-alcohol motifs (C(OH)–C–C–N with tert-alkyl or cyclic N) is 1. The smallest absolute Gasteiger partial charge is 0.254 e. The molecular weight excluding hydrogens is 420 g/mol. The number of benzene rings is 2. The second-order valence-corrected chi connectivity index (χ2v) is 9.15. The van der Waals surface area contributed by atoms with E-state index in [9.17, 15) is 14.7 Å². The van der Waals surface area contributed by atoms with E-state index in [-0.39, 0.29) is 36.4 Å². The molecule has 5 rings (SSSR count). The van der Waals surface area contributed by atoms with Gasteiger partial charge in [0.1, 0.15) is 5.75 Å². The number of rotatable bonds is 6. The minimum absolute atomic E-state index is 0.0908. The first-order valence-corrected chi connectivity index (χ1v) is 11.6. The lowest BCUT2D eigenvalue weighted by Gasteiger charge is -2.26. The molecule has 8 nitrogen and oxygen atoms in total. The fourth-order valence-electron chi connectivity index (χ4n) is 4.77. The van der Waals surface area contributed by atoms with E-state index in [1.54, 1.807) is 24.1 Å². The standard InChI is InChI=1S/C25H30N4O4/c1-33-23-10-17(5-8-21(23)18-12-26-27-13-18)25(32)29-14-20(30)11-22(29)15-3-2-4-16(9-15)24(31)28-19-6-7-19/h2-5,8-10,18-20,22,26-27,30H,6-7,11-14H2,1H3,(H,28,31)/t20?,22-/m1/s1. The number of aliphatic hydroxyl groups is 1. The minimum Gasteiger partial charge on any atom is -0.496 e. The number of nitrogens with zero attached hydrogens (tertiary/aromatic N) is 1. The maximum atomic E-state index is 13.5. The lowest BCUT2D eigenvalue weighted by atomic mass is 9.97. The van der Waals surface area contributed by atoms with Crippen molar-refractivity contribution in [1.29, 1.82) is 0 Å². The van der Waals surface area contributed by atoms with E-state index < -0.39 is 6.10 Å². The van der Waals surface area contributed by atoms with Crippen LogP contribution in [0.2, 0.25) is 0 Å². The van der Waals surface area contributed by atoms with Gasteiger partial charge in [-0.1, -0.05) is 18.2 Å². The van der Waals surface area contributed by atoms with Gasteiger partial charge in [-0.2, -0.15) is 0 Å². The highest BCUT2D eigenvalue weighted by Crippen LogP contribution is 2.35. The van der Waals surface area contributed by atoms with Crippen molar-refractivity contribution in [2.45, 2.75) is 43.4 Å². The van der Waals surface area contributed by atoms with Gasteiger partial charge >= 0.3 is 0 Å². The highest BCUT2D eigenvalue weighted by atomic mass is 16.5. The Hall–Kier alpha value is -2.94. The monoisotopic (exact) mass is 450 g/mol. The SMILES string of the molecule is COc1cc(C(=O)N2CC(O)C[C@@H]2c2cccc(C(=O)NC3CC3)c2)ccc1C1CNNC1. The summed E-state index contributed by atoms with van der Waals surface area (Å²) in [6.45, 7) is 1.85. The van der Waals surface area contributed by atoms with Crippen molar-refractivity contribution < 1.29 is 19.4 Å². The highest BCUT2D eigenvalue weighted by Gasteiger charge is 2.36. The summed E-state index contributed by atoms with van der Waals surface area (Å²) in [5.74, 6) is 0.713. The number of aliphatic hydroxyl groups excluding tert-OH is 1. The third-order valence-electron chi connectivity index (χ3n) is 6.73. The van der Waals surface area contributed by atoms with Gasteiger partial charge in [0.15, 0.2) is 0 Å². The third-order valence-corrected chi connectivity index (χ3v) is 6.73. The molecule has 1 unspecified atom stereocenters. The van der Waals surface area contributed by atoms with Crippen LogP contribution in [0.1, 0.15) is 63.1 Å². The van der Waals surface area contributed by atoms with Crippen molar-refractivity contribution in [3.05, 3.63) is 64.7 Å². The summed E-state index contributed by atoms with van der Waals surface area (Å²) in [7, 11) is 1.61. The van der Waals surface area contributed by atoms with E-state index in [4.69, 9.17) is 4.74 Å². The first-order chi connectivity index (χ1) is 16.0. The van der Waals surface area contributed by atoms with Crippen molar-refractivity contribution >= 4 is 11.8 Å². The number of nitrogens with one attached hydrogen (secondary N) is 3. The molecule has 1 aliphatic carbocycles. The predicted molar refractivity (Wildman–Crippen MR) is 123 cm³/mol. The molecule has 3 fully saturated rings. The van der Waals surface area contributed by atoms with Gasteiger partial charge in [-0.3, -0.25) is 20.4 Å². The topological polar surface area (TPSA) is 103 Å². The van der Waals surface area contributed by atoms with E-state index in [0.29, 0.717) is 23.3 Å². The van der Waals surface area contributed by atoms with E-state index in [1.807, 2.05) is 30.3 Å². The van der Waals surface area contributed by atoms with Gasteiger partial charge in [-0.25, -0.2) is 0 Å². The highest BCUT2D eigenvalue weighted by molar-refractivity contribution is 5.96. The van der Waals surface area contributed by atoms with Crippen molar-refractivity contribution in [2.75, 3.05) is 26.7 Å². The van der Waals surface area contributed by atoms with Crippen molar-refractivity contribution in [2.24, 2.45) is 0 Å². The number of carbonyl (C=O) groups is 2. The van der Waals surface area contributed by atoms with Gasteiger partial charge in [0.25, 0.3) is 11.8 Å². The summed E-state index contributed by atoms with van der Waals surface area (Å²) in [5.41, 5.74) is 9.26. The van der Waals surface area contributed by atoms with Crippen LogP contribution in [0.25, 0.3) is 0 Å². The molecule has 174 valence electrons. The van der Waals surface area contributed by atoms with Gasteiger partial charge < -0.3 is 20.1 Å². The van der Waals surface area contributed by atoms with Gasteiger partial charge in [-0.05, 0) is 54.7 Å². The molecule has 0 spiro atoms. The first-order valence-electron chi connectivity index (χ1n) is 11.6. The Morgan fingerprint density at radius 2 is 1.88 bits per heavy atom. The molecule has 1 saturated carbocycles. The van der Waals surface area contributed by atoms with Crippen LogP contribution in [0, 0.1) is 0 Å². The number of methoxy groups -OCH3 is 1. The quantitative estimate of drug-likeness (QED) is 0.535. The van der Waals surface area contributed by atoms with E-state index >= 15 is 0 Å². The van der Waals surface area contributed by atoms with Crippen LogP contribution in [0.4, 0.5) is 0 Å². The average Bonchev–Trinajstić information content (AvgIpc) is 3.32. The van der Waals surface area contributed by atoms with E-state index in [0.717, 1.165) is 37.1 Å². The molecule has 8 heteroatoms. The molecule has 0 radical (unpaired) electrons. The molecule has 2 atom stereocenters. The van der Waals surface area contributed by atoms with Crippen LogP contribution in [-0.4, -0.2) is 60.7 Å². The Morgan fingerprint density at radius 1 is 1.09 bits per heavy atom. The van der Waals surface area contributed by atoms with E-state index in [1.165, 1.54) is 0 Å². The number of ether oxygens (including phenoxy) is 1. The predicted octanol–water partition coefficient (Wildman–Crippen LogP) is 1.73. The summed E-state index contributed by atoms with van der Waals surface area (Å²) < 4.78 is 5.60. The van der Waals surface area contributed by atoms with Crippen molar-refractivity contribution in [1.82, 2.24) is 21.1 Å². The molecule has 2 amide bonds. The number of hydrogen-bond donors (Lipinski definition) is 4. The molecule has 2 aliphatic heterocycles. The average molecular weight is 451 g/mol. The molecule has 3 aliphatic rings. The fourth-order valence-corrected chi connectivity index (χ4v) is 4.77. The lowest BCUT2D eigenvalue weighted by molar-refractivity contribution is 0.0715. The van der Waals surface area contributed by atoms with E-state index in [2.05, 4.69) is 16.2 Å². The largest absolute Gasteiger partial charge is 0.496 e. The summed E-state index contributed by atoms with van der Waals surface area (Å²) >= 11 is 0. The summed E-state index contributed by atoms with van der Waals surface area (Å²) in [5, 5.41) is 13.4. The Balaban J connectivity index is 1.39. The summed E-state index contributed by atoms with van der Waals surface area (Å²) in [4.78, 5) is 27.7. The maximum absolute atomic E-state index is 13.5. The zero-order valence-electron chi connectivity index (χ0n) is 18.7. The Morgan fingerprint density at radius 3 is 2.61 bits per heavy atom. The Kier molecular flexibility index (Phi) is 6.05. The fraction of sp³-hybridized carbons (Fsp3) is 0.440. The molecule has 2 aromatic rings. The number of hydrogen-bond acceptors (Lipinski definition) is 6. The number of likely N-dealkylation sites (tertiary alicyclic amines) is 1. The second-order valence-electron chi connectivity index (χ2n) is 9.15. The zero-order valence-corrected chi connectivity index (χ0v) is 18.7. The molecule has 2 heterocycles. The lowest BCUT2D eigenvalue weighted by Crippen LogP contribution is -2.32. The Bertz CT molecular complexity index is 1050. The van der Waals surface area contributed by atoms with Gasteiger partial charge in [0, 0.05) is 42.7 Å². The molecular formula is C25H30N4O4. The summed E-state index contributed by atoms with van der Waals surface area (Å²) in [6.07, 6.45) is 1.88. The molecule has 2 aromatic carbocycles. The maximum Gasteiger partial charge on any atom is 0.254 e. The van der Waals surface area contributed by atoms with Crippen LogP contribution in [0.3, 0.4) is 0 Å². The molecule has 0 bridgehead atoms. The Labute approximate surface area is 193 Å². The molecule has 4 N–H and O–H groups in total. The van der Waals surface area contributed by atoms with Crippen LogP contribution >= 0.6 is 0 Å². The molecule has 2 saturated heterocycles. The first kappa shape index (κ1) is 21.9. The normalized spacial score (nSPS) is 23.0. The second kappa shape index (κ2) is 9.13.